The van der Waals surface area contributed by atoms with Gasteiger partial charge in [-0.1, -0.05) is 12.1 Å². The van der Waals surface area contributed by atoms with Crippen molar-refractivity contribution in [3.63, 3.8) is 0 Å². The number of benzene rings is 2. The molecule has 0 aliphatic carbocycles. The van der Waals surface area contributed by atoms with Gasteiger partial charge in [-0.2, -0.15) is 0 Å². The maximum absolute atomic E-state index is 13.0. The van der Waals surface area contributed by atoms with E-state index in [0.29, 0.717) is 29.3 Å². The van der Waals surface area contributed by atoms with Gasteiger partial charge in [-0.3, -0.25) is 14.4 Å². The lowest BCUT2D eigenvalue weighted by molar-refractivity contribution is -0.126. The molecule has 0 saturated carbocycles. The van der Waals surface area contributed by atoms with Crippen LogP contribution in [0.25, 0.3) is 0 Å². The fourth-order valence-corrected chi connectivity index (χ4v) is 4.30. The number of amides is 3. The third-order valence-corrected chi connectivity index (χ3v) is 5.91. The summed E-state index contributed by atoms with van der Waals surface area (Å²) in [6.07, 6.45) is 0.468. The first-order chi connectivity index (χ1) is 14.0. The third kappa shape index (κ3) is 4.51. The number of carbonyl (C=O) groups excluding carboxylic acids is 3. The highest BCUT2D eigenvalue weighted by Gasteiger charge is 2.32. The monoisotopic (exact) mass is 415 g/mol. The Balaban J connectivity index is 1.35. The van der Waals surface area contributed by atoms with E-state index in [-0.39, 0.29) is 35.4 Å². The van der Waals surface area contributed by atoms with Crippen molar-refractivity contribution in [2.45, 2.75) is 17.7 Å². The minimum atomic E-state index is -0.668. The number of carbonyl (C=O) groups is 3. The molecule has 2 aromatic carbocycles. The molecule has 150 valence electrons. The summed E-state index contributed by atoms with van der Waals surface area (Å²) in [5, 5.41) is 7.85. The van der Waals surface area contributed by atoms with E-state index >= 15 is 0 Å². The molecule has 0 unspecified atom stereocenters. The van der Waals surface area contributed by atoms with E-state index in [1.165, 1.54) is 23.9 Å². The van der Waals surface area contributed by atoms with Gasteiger partial charge in [0.05, 0.1) is 10.9 Å². The number of fused-ring (bicyclic) bond motifs is 1. The summed E-state index contributed by atoms with van der Waals surface area (Å²) in [4.78, 5) is 36.4. The van der Waals surface area contributed by atoms with Gasteiger partial charge in [-0.05, 0) is 42.3 Å². The van der Waals surface area contributed by atoms with Crippen molar-refractivity contribution in [3.05, 3.63) is 53.8 Å². The van der Waals surface area contributed by atoms with Gasteiger partial charge in [0.1, 0.15) is 17.6 Å². The molecule has 0 radical (unpaired) electrons. The maximum atomic E-state index is 13.0. The largest absolute Gasteiger partial charge is 0.482 e. The lowest BCUT2D eigenvalue weighted by Gasteiger charge is -2.28. The predicted octanol–water partition coefficient (Wildman–Crippen LogP) is 1.94. The molecule has 0 aromatic heterocycles. The van der Waals surface area contributed by atoms with Gasteiger partial charge in [0.25, 0.3) is 5.91 Å². The fraction of sp³-hybridized carbons (Fsp3) is 0.250. The van der Waals surface area contributed by atoms with Crippen LogP contribution in [0.2, 0.25) is 0 Å². The Bertz CT molecular complexity index is 967. The number of nitrogens with one attached hydrogen (secondary N) is 3. The second-order valence-corrected chi connectivity index (χ2v) is 7.99. The van der Waals surface area contributed by atoms with Crippen LogP contribution in [-0.4, -0.2) is 41.4 Å². The SMILES string of the molecule is O=C1COc2ccc(NC(=O)[C@@H]3CS[C@H](Cc4ccc(F)cc4)C(=O)N3)cc2N1. The minimum Gasteiger partial charge on any atom is -0.482 e. The number of thioether (sulfide) groups is 1. The smallest absolute Gasteiger partial charge is 0.262 e. The molecule has 2 heterocycles. The lowest BCUT2D eigenvalue weighted by Crippen LogP contribution is -2.52. The zero-order valence-electron chi connectivity index (χ0n) is 15.2. The molecule has 29 heavy (non-hydrogen) atoms. The molecule has 2 aliphatic heterocycles. The van der Waals surface area contributed by atoms with Crippen molar-refractivity contribution in [2.75, 3.05) is 23.0 Å². The molecule has 7 nitrogen and oxygen atoms in total. The number of ether oxygens (including phenoxy) is 1. The second kappa shape index (κ2) is 8.12. The average Bonchev–Trinajstić information content (AvgIpc) is 2.70. The predicted molar refractivity (Wildman–Crippen MR) is 107 cm³/mol. The Morgan fingerprint density at radius 1 is 1.21 bits per heavy atom. The van der Waals surface area contributed by atoms with Gasteiger partial charge in [0.15, 0.2) is 6.61 Å². The third-order valence-electron chi connectivity index (χ3n) is 4.60. The van der Waals surface area contributed by atoms with E-state index in [1.54, 1.807) is 30.3 Å². The first-order valence-corrected chi connectivity index (χ1v) is 10.1. The van der Waals surface area contributed by atoms with Gasteiger partial charge in [0.2, 0.25) is 11.8 Å². The Morgan fingerprint density at radius 2 is 2.00 bits per heavy atom. The zero-order chi connectivity index (χ0) is 20.4. The van der Waals surface area contributed by atoms with Gasteiger partial charge in [-0.25, -0.2) is 4.39 Å². The van der Waals surface area contributed by atoms with E-state index in [0.717, 1.165) is 5.56 Å². The van der Waals surface area contributed by atoms with Crippen molar-refractivity contribution < 1.29 is 23.5 Å². The van der Waals surface area contributed by atoms with Crippen LogP contribution in [0.3, 0.4) is 0 Å². The molecular formula is C20H18FN3O4S. The van der Waals surface area contributed by atoms with E-state index in [1.807, 2.05) is 0 Å². The lowest BCUT2D eigenvalue weighted by atomic mass is 10.1. The van der Waals surface area contributed by atoms with E-state index in [9.17, 15) is 18.8 Å². The van der Waals surface area contributed by atoms with Crippen molar-refractivity contribution >= 4 is 40.9 Å². The molecule has 0 spiro atoms. The molecule has 2 aromatic rings. The highest BCUT2D eigenvalue weighted by Crippen LogP contribution is 2.30. The normalized spacial score (nSPS) is 20.7. The zero-order valence-corrected chi connectivity index (χ0v) is 16.1. The Labute approximate surface area is 170 Å². The summed E-state index contributed by atoms with van der Waals surface area (Å²) in [5.41, 5.74) is 1.84. The van der Waals surface area contributed by atoms with Gasteiger partial charge in [-0.15, -0.1) is 11.8 Å². The molecule has 9 heteroatoms. The first-order valence-electron chi connectivity index (χ1n) is 9.02. The summed E-state index contributed by atoms with van der Waals surface area (Å²) in [5.74, 6) is -0.184. The van der Waals surface area contributed by atoms with Gasteiger partial charge in [0, 0.05) is 11.4 Å². The number of hydrogen-bond acceptors (Lipinski definition) is 5. The topological polar surface area (TPSA) is 96.5 Å². The second-order valence-electron chi connectivity index (χ2n) is 6.75. The van der Waals surface area contributed by atoms with E-state index in [2.05, 4.69) is 16.0 Å². The average molecular weight is 415 g/mol. The Morgan fingerprint density at radius 3 is 2.76 bits per heavy atom. The highest BCUT2D eigenvalue weighted by molar-refractivity contribution is 8.00. The summed E-state index contributed by atoms with van der Waals surface area (Å²) < 4.78 is 18.3. The van der Waals surface area contributed by atoms with Crippen LogP contribution in [0.15, 0.2) is 42.5 Å². The summed E-state index contributed by atoms with van der Waals surface area (Å²) in [6, 6.07) is 10.3. The Hall–Kier alpha value is -3.07. The quantitative estimate of drug-likeness (QED) is 0.709. The molecular weight excluding hydrogens is 397 g/mol. The van der Waals surface area contributed by atoms with Crippen LogP contribution in [0.4, 0.5) is 15.8 Å². The van der Waals surface area contributed by atoms with Crippen LogP contribution >= 0.6 is 11.8 Å². The number of hydrogen-bond donors (Lipinski definition) is 3. The molecule has 0 bridgehead atoms. The minimum absolute atomic E-state index is 0.0386. The first kappa shape index (κ1) is 19.3. The van der Waals surface area contributed by atoms with Crippen molar-refractivity contribution in [3.8, 4) is 5.75 Å². The summed E-state index contributed by atoms with van der Waals surface area (Å²) >= 11 is 1.40. The molecule has 1 saturated heterocycles. The van der Waals surface area contributed by atoms with E-state index in [4.69, 9.17) is 4.74 Å². The van der Waals surface area contributed by atoms with Crippen molar-refractivity contribution in [1.29, 1.82) is 0 Å². The van der Waals surface area contributed by atoms with Crippen LogP contribution in [0.5, 0.6) is 5.75 Å². The molecule has 3 N–H and O–H groups in total. The molecule has 4 rings (SSSR count). The van der Waals surface area contributed by atoms with Crippen LogP contribution in [0.1, 0.15) is 5.56 Å². The standard InChI is InChI=1S/C20H18FN3O4S/c21-12-3-1-11(2-4-12)7-17-20(27)24-15(10-29-17)19(26)22-13-5-6-16-14(8-13)23-18(25)9-28-16/h1-6,8,15,17H,7,9-10H2,(H,22,26)(H,23,25)(H,24,27)/t15-,17+/m0/s1. The summed E-state index contributed by atoms with van der Waals surface area (Å²) in [6.45, 7) is -0.0386. The molecule has 1 fully saturated rings. The number of rotatable bonds is 4. The van der Waals surface area contributed by atoms with Crippen molar-refractivity contribution in [1.82, 2.24) is 5.32 Å². The Kier molecular flexibility index (Phi) is 5.39. The maximum Gasteiger partial charge on any atom is 0.262 e. The van der Waals surface area contributed by atoms with E-state index < -0.39 is 6.04 Å². The summed E-state index contributed by atoms with van der Waals surface area (Å²) in [7, 11) is 0. The fourth-order valence-electron chi connectivity index (χ4n) is 3.11. The van der Waals surface area contributed by atoms with Gasteiger partial charge < -0.3 is 20.7 Å². The van der Waals surface area contributed by atoms with Crippen molar-refractivity contribution in [2.24, 2.45) is 0 Å². The van der Waals surface area contributed by atoms with Gasteiger partial charge >= 0.3 is 0 Å². The van der Waals surface area contributed by atoms with Crippen LogP contribution in [0, 0.1) is 5.82 Å². The van der Waals surface area contributed by atoms with Crippen LogP contribution in [-0.2, 0) is 20.8 Å². The number of halogens is 1. The molecule has 3 amide bonds. The number of anilines is 2. The molecule has 2 aliphatic rings. The molecule has 2 atom stereocenters. The van der Waals surface area contributed by atoms with Crippen LogP contribution < -0.4 is 20.7 Å². The highest BCUT2D eigenvalue weighted by atomic mass is 32.2.